The average molecular weight is 177 g/mol. The second kappa shape index (κ2) is 3.44. The summed E-state index contributed by atoms with van der Waals surface area (Å²) in [5, 5.41) is 6.91. The summed E-state index contributed by atoms with van der Waals surface area (Å²) < 4.78 is 0. The Morgan fingerprint density at radius 2 is 2.08 bits per heavy atom. The van der Waals surface area contributed by atoms with E-state index in [4.69, 9.17) is 0 Å². The van der Waals surface area contributed by atoms with Crippen LogP contribution < -0.4 is 10.6 Å². The normalized spacial score (nSPS) is 28.7. The zero-order valence-electron chi connectivity index (χ0n) is 7.88. The van der Waals surface area contributed by atoms with Gasteiger partial charge in [0.25, 0.3) is 0 Å². The predicted octanol–water partition coefficient (Wildman–Crippen LogP) is 0.490. The van der Waals surface area contributed by atoms with Crippen molar-refractivity contribution in [2.45, 2.75) is 12.5 Å². The zero-order valence-corrected chi connectivity index (χ0v) is 7.88. The lowest BCUT2D eigenvalue weighted by Crippen LogP contribution is -2.54. The fourth-order valence-corrected chi connectivity index (χ4v) is 1.75. The van der Waals surface area contributed by atoms with Gasteiger partial charge >= 0.3 is 0 Å². The van der Waals surface area contributed by atoms with E-state index in [1.807, 2.05) is 12.4 Å². The molecule has 1 saturated heterocycles. The van der Waals surface area contributed by atoms with Crippen LogP contribution in [0.15, 0.2) is 24.5 Å². The molecule has 1 fully saturated rings. The van der Waals surface area contributed by atoms with E-state index in [-0.39, 0.29) is 5.54 Å². The van der Waals surface area contributed by atoms with Gasteiger partial charge in [0.15, 0.2) is 0 Å². The van der Waals surface area contributed by atoms with Gasteiger partial charge in [0.1, 0.15) is 0 Å². The molecule has 0 saturated carbocycles. The first kappa shape index (κ1) is 8.66. The maximum Gasteiger partial charge on any atom is 0.0533 e. The van der Waals surface area contributed by atoms with E-state index in [0.29, 0.717) is 0 Å². The van der Waals surface area contributed by atoms with Crippen LogP contribution >= 0.6 is 0 Å². The number of nitrogens with one attached hydrogen (secondary N) is 2. The highest BCUT2D eigenvalue weighted by Crippen LogP contribution is 2.19. The van der Waals surface area contributed by atoms with E-state index in [2.05, 4.69) is 34.7 Å². The largest absolute Gasteiger partial charge is 0.313 e. The van der Waals surface area contributed by atoms with Crippen molar-refractivity contribution >= 4 is 0 Å². The molecule has 3 nitrogen and oxygen atoms in total. The number of hydrogen-bond acceptors (Lipinski definition) is 3. The van der Waals surface area contributed by atoms with Crippen molar-refractivity contribution in [1.82, 2.24) is 15.6 Å². The number of hydrogen-bond donors (Lipinski definition) is 2. The molecule has 1 aromatic heterocycles. The number of piperazine rings is 1. The Hall–Kier alpha value is -0.930. The highest BCUT2D eigenvalue weighted by Gasteiger charge is 2.27. The lowest BCUT2D eigenvalue weighted by atomic mass is 9.91. The summed E-state index contributed by atoms with van der Waals surface area (Å²) >= 11 is 0. The monoisotopic (exact) mass is 177 g/mol. The second-order valence-electron chi connectivity index (χ2n) is 3.67. The molecule has 70 valence electrons. The van der Waals surface area contributed by atoms with Crippen molar-refractivity contribution in [3.8, 4) is 0 Å². The van der Waals surface area contributed by atoms with Gasteiger partial charge in [-0.15, -0.1) is 0 Å². The first-order valence-electron chi connectivity index (χ1n) is 4.67. The number of rotatable bonds is 1. The van der Waals surface area contributed by atoms with Gasteiger partial charge < -0.3 is 10.6 Å². The Morgan fingerprint density at radius 3 is 2.69 bits per heavy atom. The van der Waals surface area contributed by atoms with Crippen molar-refractivity contribution in [3.05, 3.63) is 30.1 Å². The van der Waals surface area contributed by atoms with Gasteiger partial charge in [-0.2, -0.15) is 0 Å². The summed E-state index contributed by atoms with van der Waals surface area (Å²) in [5.74, 6) is 0. The molecule has 2 rings (SSSR count). The lowest BCUT2D eigenvalue weighted by molar-refractivity contribution is 0.303. The van der Waals surface area contributed by atoms with Crippen LogP contribution in [0.3, 0.4) is 0 Å². The molecule has 0 spiro atoms. The first-order valence-corrected chi connectivity index (χ1v) is 4.67. The zero-order chi connectivity index (χ0) is 9.15. The molecule has 1 aliphatic rings. The summed E-state index contributed by atoms with van der Waals surface area (Å²) in [6, 6.07) is 4.14. The molecule has 13 heavy (non-hydrogen) atoms. The van der Waals surface area contributed by atoms with Crippen LogP contribution in [0.2, 0.25) is 0 Å². The van der Waals surface area contributed by atoms with E-state index in [9.17, 15) is 0 Å². The number of aromatic nitrogens is 1. The Morgan fingerprint density at radius 1 is 1.31 bits per heavy atom. The van der Waals surface area contributed by atoms with Crippen LogP contribution in [-0.2, 0) is 5.54 Å². The smallest absolute Gasteiger partial charge is 0.0533 e. The van der Waals surface area contributed by atoms with E-state index in [0.717, 1.165) is 19.6 Å². The molecule has 2 N–H and O–H groups in total. The Kier molecular flexibility index (Phi) is 2.29. The van der Waals surface area contributed by atoms with Crippen molar-refractivity contribution in [2.24, 2.45) is 0 Å². The molecule has 0 radical (unpaired) electrons. The van der Waals surface area contributed by atoms with Crippen molar-refractivity contribution in [2.75, 3.05) is 19.6 Å². The average Bonchev–Trinajstić information content (AvgIpc) is 2.20. The van der Waals surface area contributed by atoms with Gasteiger partial charge in [0.2, 0.25) is 0 Å². The van der Waals surface area contributed by atoms with E-state index >= 15 is 0 Å². The fraction of sp³-hybridized carbons (Fsp3) is 0.500. The van der Waals surface area contributed by atoms with Crippen LogP contribution in [0.4, 0.5) is 0 Å². The maximum atomic E-state index is 4.02. The minimum Gasteiger partial charge on any atom is -0.313 e. The van der Waals surface area contributed by atoms with Gasteiger partial charge in [-0.25, -0.2) is 0 Å². The quantitative estimate of drug-likeness (QED) is 0.655. The molecular formula is C10H15N3. The molecule has 1 aliphatic heterocycles. The topological polar surface area (TPSA) is 37.0 Å². The van der Waals surface area contributed by atoms with Crippen LogP contribution in [0.1, 0.15) is 12.5 Å². The number of nitrogens with zero attached hydrogens (tertiary/aromatic N) is 1. The summed E-state index contributed by atoms with van der Waals surface area (Å²) in [5.41, 5.74) is 1.37. The van der Waals surface area contributed by atoms with E-state index in [1.54, 1.807) is 0 Å². The van der Waals surface area contributed by atoms with Gasteiger partial charge in [-0.05, 0) is 24.6 Å². The summed E-state index contributed by atoms with van der Waals surface area (Å²) in [7, 11) is 0. The Balaban J connectivity index is 2.23. The molecule has 3 heteroatoms. The van der Waals surface area contributed by atoms with Crippen LogP contribution in [0.5, 0.6) is 0 Å². The molecule has 0 aliphatic carbocycles. The van der Waals surface area contributed by atoms with Crippen LogP contribution in [0, 0.1) is 0 Å². The van der Waals surface area contributed by atoms with Gasteiger partial charge in [-0.1, -0.05) is 0 Å². The molecule has 0 bridgehead atoms. The van der Waals surface area contributed by atoms with Crippen molar-refractivity contribution < 1.29 is 0 Å². The highest BCUT2D eigenvalue weighted by atomic mass is 15.1. The van der Waals surface area contributed by atoms with Crippen molar-refractivity contribution in [1.29, 1.82) is 0 Å². The molecule has 1 atom stereocenters. The molecule has 2 heterocycles. The van der Waals surface area contributed by atoms with Gasteiger partial charge in [0.05, 0.1) is 5.54 Å². The summed E-state index contributed by atoms with van der Waals surface area (Å²) in [6.07, 6.45) is 3.69. The molecule has 1 unspecified atom stereocenters. The Labute approximate surface area is 78.6 Å². The summed E-state index contributed by atoms with van der Waals surface area (Å²) in [6.45, 7) is 5.28. The standard InChI is InChI=1S/C10H15N3/c1-10(8-12-6-7-13-10)9-2-4-11-5-3-9/h2-5,12-13H,6-8H2,1H3. The van der Waals surface area contributed by atoms with E-state index in [1.165, 1.54) is 5.56 Å². The third kappa shape index (κ3) is 1.71. The molecule has 1 aromatic rings. The molecular weight excluding hydrogens is 162 g/mol. The third-order valence-electron chi connectivity index (χ3n) is 2.61. The predicted molar refractivity (Wildman–Crippen MR) is 52.5 cm³/mol. The minimum absolute atomic E-state index is 0.0706. The number of pyridine rings is 1. The lowest BCUT2D eigenvalue weighted by Gasteiger charge is -2.35. The highest BCUT2D eigenvalue weighted by molar-refractivity contribution is 5.22. The van der Waals surface area contributed by atoms with Crippen LogP contribution in [0.25, 0.3) is 0 Å². The first-order chi connectivity index (χ1) is 6.31. The minimum atomic E-state index is 0.0706. The Bertz CT molecular complexity index is 265. The third-order valence-corrected chi connectivity index (χ3v) is 2.61. The molecule has 0 amide bonds. The SMILES string of the molecule is CC1(c2ccncc2)CNCCN1. The van der Waals surface area contributed by atoms with Gasteiger partial charge in [-0.3, -0.25) is 4.98 Å². The summed E-state index contributed by atoms with van der Waals surface area (Å²) in [4.78, 5) is 4.02. The van der Waals surface area contributed by atoms with Crippen molar-refractivity contribution in [3.63, 3.8) is 0 Å². The molecule has 0 aromatic carbocycles. The van der Waals surface area contributed by atoms with Gasteiger partial charge in [0, 0.05) is 32.0 Å². The van der Waals surface area contributed by atoms with Crippen LogP contribution in [-0.4, -0.2) is 24.6 Å². The maximum absolute atomic E-state index is 4.02. The van der Waals surface area contributed by atoms with E-state index < -0.39 is 0 Å². The second-order valence-corrected chi connectivity index (χ2v) is 3.67. The fourth-order valence-electron chi connectivity index (χ4n) is 1.75.